The van der Waals surface area contributed by atoms with E-state index in [0.717, 1.165) is 0 Å². The molecule has 7 nitrogen and oxygen atoms in total. The Bertz CT molecular complexity index is 516. The molecule has 1 aromatic rings. The van der Waals surface area contributed by atoms with Crippen LogP contribution in [0.2, 0.25) is 0 Å². The maximum Gasteiger partial charge on any atom is 0.254 e. The van der Waals surface area contributed by atoms with Crippen molar-refractivity contribution in [3.63, 3.8) is 0 Å². The molecular formula is C13H17N3O4. The maximum atomic E-state index is 12.2. The van der Waals surface area contributed by atoms with Crippen molar-refractivity contribution in [1.82, 2.24) is 4.90 Å². The lowest BCUT2D eigenvalue weighted by Gasteiger charge is -2.31. The number of benzene rings is 1. The van der Waals surface area contributed by atoms with E-state index in [1.165, 1.54) is 18.2 Å². The van der Waals surface area contributed by atoms with Crippen molar-refractivity contribution >= 4 is 11.7 Å². The first-order valence-corrected chi connectivity index (χ1v) is 6.31. The normalized spacial score (nSPS) is 17.2. The summed E-state index contributed by atoms with van der Waals surface area (Å²) in [6.45, 7) is 0.965. The molecule has 1 aliphatic rings. The number of amidine groups is 1. The van der Waals surface area contributed by atoms with Crippen LogP contribution in [0.5, 0.6) is 11.5 Å². The van der Waals surface area contributed by atoms with Gasteiger partial charge in [-0.05, 0) is 25.0 Å². The number of amides is 1. The molecule has 0 radical (unpaired) electrons. The van der Waals surface area contributed by atoms with Gasteiger partial charge in [0, 0.05) is 30.6 Å². The number of rotatable bonds is 2. The summed E-state index contributed by atoms with van der Waals surface area (Å²) in [6.07, 6.45) is 1.23. The van der Waals surface area contributed by atoms with Crippen molar-refractivity contribution in [3.05, 3.63) is 23.8 Å². The van der Waals surface area contributed by atoms with Gasteiger partial charge in [0.15, 0.2) is 0 Å². The van der Waals surface area contributed by atoms with Gasteiger partial charge in [-0.2, -0.15) is 0 Å². The fourth-order valence-corrected chi connectivity index (χ4v) is 2.36. The predicted molar refractivity (Wildman–Crippen MR) is 71.8 cm³/mol. The van der Waals surface area contributed by atoms with Crippen LogP contribution in [0.1, 0.15) is 23.2 Å². The van der Waals surface area contributed by atoms with Gasteiger partial charge in [0.05, 0.1) is 0 Å². The number of piperidine rings is 1. The van der Waals surface area contributed by atoms with Gasteiger partial charge in [0.25, 0.3) is 5.91 Å². The predicted octanol–water partition coefficient (Wildman–Crippen LogP) is 0.696. The van der Waals surface area contributed by atoms with Crippen molar-refractivity contribution in [1.29, 1.82) is 0 Å². The van der Waals surface area contributed by atoms with Crippen molar-refractivity contribution < 1.29 is 20.2 Å². The molecule has 20 heavy (non-hydrogen) atoms. The molecule has 7 heteroatoms. The molecule has 0 atom stereocenters. The van der Waals surface area contributed by atoms with Crippen molar-refractivity contribution in [2.75, 3.05) is 13.1 Å². The van der Waals surface area contributed by atoms with E-state index in [2.05, 4.69) is 5.16 Å². The highest BCUT2D eigenvalue weighted by atomic mass is 16.4. The van der Waals surface area contributed by atoms with Gasteiger partial charge in [0.1, 0.15) is 17.3 Å². The summed E-state index contributed by atoms with van der Waals surface area (Å²) in [6, 6.07) is 3.80. The van der Waals surface area contributed by atoms with E-state index in [-0.39, 0.29) is 34.7 Å². The minimum atomic E-state index is -0.255. The fraction of sp³-hybridized carbons (Fsp3) is 0.385. The number of phenolic OH excluding ortho intramolecular Hbond substituents is 2. The lowest BCUT2D eigenvalue weighted by atomic mass is 9.95. The molecule has 1 aromatic carbocycles. The number of likely N-dealkylation sites (tertiary alicyclic amines) is 1. The molecule has 1 fully saturated rings. The number of hydrogen-bond acceptors (Lipinski definition) is 5. The highest BCUT2D eigenvalue weighted by Gasteiger charge is 2.26. The Hall–Kier alpha value is -2.44. The Morgan fingerprint density at radius 3 is 2.25 bits per heavy atom. The minimum Gasteiger partial charge on any atom is -0.508 e. The molecular weight excluding hydrogens is 262 g/mol. The van der Waals surface area contributed by atoms with Crippen LogP contribution in [-0.4, -0.2) is 45.2 Å². The molecule has 108 valence electrons. The minimum absolute atomic E-state index is 0.0263. The zero-order chi connectivity index (χ0) is 14.7. The summed E-state index contributed by atoms with van der Waals surface area (Å²) in [4.78, 5) is 13.9. The van der Waals surface area contributed by atoms with E-state index >= 15 is 0 Å². The standard InChI is InChI=1S/C13H17N3O4/c14-12(15-20)8-1-3-16(4-2-8)13(19)9-5-10(17)7-11(18)6-9/h5-8,17-18,20H,1-4H2,(H2,14,15). The average Bonchev–Trinajstić information content (AvgIpc) is 2.45. The molecule has 0 aromatic heterocycles. The Kier molecular flexibility index (Phi) is 3.97. The molecule has 0 bridgehead atoms. The van der Waals surface area contributed by atoms with Crippen LogP contribution >= 0.6 is 0 Å². The summed E-state index contributed by atoms with van der Waals surface area (Å²) >= 11 is 0. The van der Waals surface area contributed by atoms with E-state index in [0.29, 0.717) is 25.9 Å². The van der Waals surface area contributed by atoms with Crippen LogP contribution in [0.3, 0.4) is 0 Å². The van der Waals surface area contributed by atoms with E-state index < -0.39 is 0 Å². The first-order chi connectivity index (χ1) is 9.51. The molecule has 2 rings (SSSR count). The number of carbonyl (C=O) groups is 1. The molecule has 0 saturated carbocycles. The molecule has 1 heterocycles. The lowest BCUT2D eigenvalue weighted by molar-refractivity contribution is 0.0708. The van der Waals surface area contributed by atoms with Gasteiger partial charge in [0.2, 0.25) is 0 Å². The summed E-state index contributed by atoms with van der Waals surface area (Å²) in [7, 11) is 0. The largest absolute Gasteiger partial charge is 0.508 e. The molecule has 0 aliphatic carbocycles. The van der Waals surface area contributed by atoms with Crippen LogP contribution in [0, 0.1) is 5.92 Å². The molecule has 1 amide bonds. The Balaban J connectivity index is 2.05. The first-order valence-electron chi connectivity index (χ1n) is 6.31. The molecule has 1 saturated heterocycles. The van der Waals surface area contributed by atoms with Gasteiger partial charge in [-0.25, -0.2) is 0 Å². The number of nitrogens with zero attached hydrogens (tertiary/aromatic N) is 2. The third-order valence-corrected chi connectivity index (χ3v) is 3.47. The highest BCUT2D eigenvalue weighted by molar-refractivity contribution is 5.95. The number of phenols is 2. The quantitative estimate of drug-likeness (QED) is 0.275. The van der Waals surface area contributed by atoms with Crippen molar-refractivity contribution in [3.8, 4) is 11.5 Å². The maximum absolute atomic E-state index is 12.2. The number of aromatic hydroxyl groups is 2. The van der Waals surface area contributed by atoms with Crippen LogP contribution < -0.4 is 5.73 Å². The van der Waals surface area contributed by atoms with Gasteiger partial charge in [-0.15, -0.1) is 0 Å². The van der Waals surface area contributed by atoms with E-state index in [9.17, 15) is 15.0 Å². The third-order valence-electron chi connectivity index (χ3n) is 3.47. The van der Waals surface area contributed by atoms with Gasteiger partial charge < -0.3 is 26.1 Å². The second-order valence-corrected chi connectivity index (χ2v) is 4.83. The van der Waals surface area contributed by atoms with Crippen molar-refractivity contribution in [2.45, 2.75) is 12.8 Å². The Morgan fingerprint density at radius 1 is 1.20 bits per heavy atom. The molecule has 1 aliphatic heterocycles. The monoisotopic (exact) mass is 279 g/mol. The summed E-state index contributed by atoms with van der Waals surface area (Å²) in [5, 5.41) is 30.4. The lowest BCUT2D eigenvalue weighted by Crippen LogP contribution is -2.41. The molecule has 0 spiro atoms. The second kappa shape index (κ2) is 5.68. The Labute approximate surface area is 115 Å². The average molecular weight is 279 g/mol. The van der Waals surface area contributed by atoms with Gasteiger partial charge in [-0.1, -0.05) is 5.16 Å². The summed E-state index contributed by atoms with van der Waals surface area (Å²) < 4.78 is 0. The molecule has 0 unspecified atom stereocenters. The molecule has 5 N–H and O–H groups in total. The van der Waals surface area contributed by atoms with Crippen LogP contribution in [0.25, 0.3) is 0 Å². The number of nitrogens with two attached hydrogens (primary N) is 1. The topological polar surface area (TPSA) is 119 Å². The Morgan fingerprint density at radius 2 is 1.75 bits per heavy atom. The van der Waals surface area contributed by atoms with Gasteiger partial charge in [-0.3, -0.25) is 4.79 Å². The van der Waals surface area contributed by atoms with E-state index in [1.54, 1.807) is 4.90 Å². The number of hydrogen-bond donors (Lipinski definition) is 4. The highest BCUT2D eigenvalue weighted by Crippen LogP contribution is 2.24. The van der Waals surface area contributed by atoms with Gasteiger partial charge >= 0.3 is 0 Å². The summed E-state index contributed by atoms with van der Waals surface area (Å²) in [5.74, 6) is -0.400. The van der Waals surface area contributed by atoms with Crippen LogP contribution in [0.15, 0.2) is 23.4 Å². The zero-order valence-electron chi connectivity index (χ0n) is 10.9. The smallest absolute Gasteiger partial charge is 0.254 e. The fourth-order valence-electron chi connectivity index (χ4n) is 2.36. The number of oxime groups is 1. The van der Waals surface area contributed by atoms with Crippen LogP contribution in [0.4, 0.5) is 0 Å². The van der Waals surface area contributed by atoms with E-state index in [1.807, 2.05) is 0 Å². The third kappa shape index (κ3) is 2.93. The van der Waals surface area contributed by atoms with Crippen molar-refractivity contribution in [2.24, 2.45) is 16.8 Å². The second-order valence-electron chi connectivity index (χ2n) is 4.83. The number of carbonyl (C=O) groups excluding carboxylic acids is 1. The first kappa shape index (κ1) is 14.0. The zero-order valence-corrected chi connectivity index (χ0v) is 10.9. The van der Waals surface area contributed by atoms with Crippen LogP contribution in [-0.2, 0) is 0 Å². The summed E-state index contributed by atoms with van der Waals surface area (Å²) in [5.41, 5.74) is 5.79. The van der Waals surface area contributed by atoms with E-state index in [4.69, 9.17) is 10.9 Å². The SMILES string of the molecule is N/C(=N/O)C1CCN(C(=O)c2cc(O)cc(O)c2)CC1.